The molecule has 0 saturated heterocycles. The van der Waals surface area contributed by atoms with E-state index in [1.165, 1.54) is 12.8 Å². The highest BCUT2D eigenvalue weighted by Crippen LogP contribution is 2.39. The lowest BCUT2D eigenvalue weighted by atomic mass is 9.81. The van der Waals surface area contributed by atoms with Crippen LogP contribution >= 0.6 is 15.9 Å². The Hall–Kier alpha value is -0.640. The molecule has 1 N–H and O–H groups in total. The molecule has 0 spiro atoms. The number of hydrogen-bond acceptors (Lipinski definition) is 3. The molecule has 1 fully saturated rings. The monoisotopic (exact) mass is 311 g/mol. The van der Waals surface area contributed by atoms with E-state index in [1.807, 2.05) is 6.07 Å². The van der Waals surface area contributed by atoms with Gasteiger partial charge in [-0.25, -0.2) is 9.97 Å². The Morgan fingerprint density at radius 3 is 2.61 bits per heavy atom. The largest absolute Gasteiger partial charge is 0.369 e. The van der Waals surface area contributed by atoms with E-state index in [0.29, 0.717) is 11.8 Å². The molecule has 18 heavy (non-hydrogen) atoms. The van der Waals surface area contributed by atoms with E-state index >= 15 is 0 Å². The molecule has 4 heteroatoms. The van der Waals surface area contributed by atoms with E-state index in [0.717, 1.165) is 22.8 Å². The van der Waals surface area contributed by atoms with Gasteiger partial charge >= 0.3 is 0 Å². The number of nitrogens with one attached hydrogen (secondary N) is 1. The number of rotatable bonds is 5. The summed E-state index contributed by atoms with van der Waals surface area (Å²) in [6.45, 7) is 10.0. The summed E-state index contributed by atoms with van der Waals surface area (Å²) in [5.74, 6) is 3.14. The van der Waals surface area contributed by atoms with E-state index in [9.17, 15) is 0 Å². The molecule has 1 aromatic rings. The molecule has 3 nitrogen and oxygen atoms in total. The molecule has 0 bridgehead atoms. The van der Waals surface area contributed by atoms with Gasteiger partial charge in [0, 0.05) is 18.5 Å². The zero-order chi connectivity index (χ0) is 13.3. The fourth-order valence-electron chi connectivity index (χ4n) is 1.57. The maximum absolute atomic E-state index is 4.61. The van der Waals surface area contributed by atoms with Gasteiger partial charge in [0.25, 0.3) is 0 Å². The van der Waals surface area contributed by atoms with E-state index in [4.69, 9.17) is 0 Å². The molecule has 0 amide bonds. The fourth-order valence-corrected chi connectivity index (χ4v) is 1.97. The third kappa shape index (κ3) is 3.44. The van der Waals surface area contributed by atoms with Crippen LogP contribution in [0, 0.1) is 11.3 Å². The van der Waals surface area contributed by atoms with Gasteiger partial charge in [-0.15, -0.1) is 0 Å². The minimum atomic E-state index is 0.261. The molecule has 1 aliphatic carbocycles. The standard InChI is InChI=1S/C14H22BrN3/c1-9(2)14(3,4)8-16-12-7-11(15)17-13(18-12)10-5-6-10/h7,9-10H,5-6,8H2,1-4H3,(H,16,17,18). The third-order valence-electron chi connectivity index (χ3n) is 3.94. The topological polar surface area (TPSA) is 37.8 Å². The highest BCUT2D eigenvalue weighted by Gasteiger charge is 2.27. The van der Waals surface area contributed by atoms with Gasteiger partial charge in [-0.3, -0.25) is 0 Å². The summed E-state index contributed by atoms with van der Waals surface area (Å²) in [4.78, 5) is 9.05. The maximum atomic E-state index is 4.61. The predicted molar refractivity (Wildman–Crippen MR) is 78.8 cm³/mol. The molecular formula is C14H22BrN3. The van der Waals surface area contributed by atoms with Gasteiger partial charge in [-0.2, -0.15) is 0 Å². The van der Waals surface area contributed by atoms with Gasteiger partial charge in [-0.1, -0.05) is 27.7 Å². The summed E-state index contributed by atoms with van der Waals surface area (Å²) >= 11 is 3.47. The first-order valence-corrected chi connectivity index (χ1v) is 7.46. The number of halogens is 1. The highest BCUT2D eigenvalue weighted by molar-refractivity contribution is 9.10. The zero-order valence-corrected chi connectivity index (χ0v) is 13.2. The second-order valence-electron chi connectivity index (χ2n) is 6.21. The second-order valence-corrected chi connectivity index (χ2v) is 7.02. The molecule has 0 radical (unpaired) electrons. The minimum absolute atomic E-state index is 0.261. The zero-order valence-electron chi connectivity index (χ0n) is 11.6. The van der Waals surface area contributed by atoms with E-state index in [-0.39, 0.29) is 5.41 Å². The van der Waals surface area contributed by atoms with Crippen LogP contribution < -0.4 is 5.32 Å². The van der Waals surface area contributed by atoms with Crippen LogP contribution in [0.15, 0.2) is 10.7 Å². The lowest BCUT2D eigenvalue weighted by molar-refractivity contribution is 0.269. The number of aromatic nitrogens is 2. The summed E-state index contributed by atoms with van der Waals surface area (Å²) < 4.78 is 0.879. The van der Waals surface area contributed by atoms with Crippen molar-refractivity contribution in [2.45, 2.75) is 46.5 Å². The molecule has 1 heterocycles. The van der Waals surface area contributed by atoms with Crippen molar-refractivity contribution >= 4 is 21.7 Å². The van der Waals surface area contributed by atoms with E-state index in [1.54, 1.807) is 0 Å². The second kappa shape index (κ2) is 5.16. The SMILES string of the molecule is CC(C)C(C)(C)CNc1cc(Br)nc(C2CC2)n1. The first-order valence-electron chi connectivity index (χ1n) is 6.67. The summed E-state index contributed by atoms with van der Waals surface area (Å²) in [6.07, 6.45) is 2.46. The van der Waals surface area contributed by atoms with E-state index < -0.39 is 0 Å². The van der Waals surface area contributed by atoms with Crippen LogP contribution in [0.25, 0.3) is 0 Å². The van der Waals surface area contributed by atoms with Crippen molar-refractivity contribution in [3.05, 3.63) is 16.5 Å². The average molecular weight is 312 g/mol. The Balaban J connectivity index is 2.05. The summed E-state index contributed by atoms with van der Waals surface area (Å²) in [6, 6.07) is 1.96. The van der Waals surface area contributed by atoms with Crippen LogP contribution in [-0.2, 0) is 0 Å². The Kier molecular flexibility index (Phi) is 3.95. The molecular weight excluding hydrogens is 290 g/mol. The Morgan fingerprint density at radius 2 is 2.06 bits per heavy atom. The number of hydrogen-bond donors (Lipinski definition) is 1. The summed E-state index contributed by atoms with van der Waals surface area (Å²) in [7, 11) is 0. The molecule has 0 aliphatic heterocycles. The van der Waals surface area contributed by atoms with Gasteiger partial charge in [0.15, 0.2) is 0 Å². The van der Waals surface area contributed by atoms with Gasteiger partial charge in [-0.05, 0) is 40.1 Å². The van der Waals surface area contributed by atoms with Gasteiger partial charge in [0.05, 0.1) is 0 Å². The normalized spacial score (nSPS) is 16.1. The number of nitrogens with zero attached hydrogens (tertiary/aromatic N) is 2. The predicted octanol–water partition coefficient (Wildman–Crippen LogP) is 4.21. The van der Waals surface area contributed by atoms with Crippen molar-refractivity contribution in [3.8, 4) is 0 Å². The van der Waals surface area contributed by atoms with E-state index in [2.05, 4.69) is 58.9 Å². The van der Waals surface area contributed by atoms with Crippen LogP contribution in [0.4, 0.5) is 5.82 Å². The molecule has 100 valence electrons. The first kappa shape index (κ1) is 13.8. The lowest BCUT2D eigenvalue weighted by Crippen LogP contribution is -2.28. The molecule has 0 aromatic carbocycles. The number of anilines is 1. The van der Waals surface area contributed by atoms with Gasteiger partial charge < -0.3 is 5.32 Å². The highest BCUT2D eigenvalue weighted by atomic mass is 79.9. The van der Waals surface area contributed by atoms with Crippen LogP contribution in [0.1, 0.15) is 52.3 Å². The Labute approximate surface area is 118 Å². The van der Waals surface area contributed by atoms with Crippen LogP contribution in [0.5, 0.6) is 0 Å². The minimum Gasteiger partial charge on any atom is -0.369 e. The van der Waals surface area contributed by atoms with Crippen molar-refractivity contribution in [2.24, 2.45) is 11.3 Å². The smallest absolute Gasteiger partial charge is 0.135 e. The van der Waals surface area contributed by atoms with Crippen LogP contribution in [0.2, 0.25) is 0 Å². The van der Waals surface area contributed by atoms with Gasteiger partial charge in [0.1, 0.15) is 16.2 Å². The Bertz CT molecular complexity index is 425. The molecule has 0 atom stereocenters. The average Bonchev–Trinajstić information content (AvgIpc) is 3.09. The Morgan fingerprint density at radius 1 is 1.39 bits per heavy atom. The van der Waals surface area contributed by atoms with Gasteiger partial charge in [0.2, 0.25) is 0 Å². The van der Waals surface area contributed by atoms with Crippen molar-refractivity contribution in [3.63, 3.8) is 0 Å². The summed E-state index contributed by atoms with van der Waals surface area (Å²) in [5, 5.41) is 3.45. The van der Waals surface area contributed by atoms with Crippen LogP contribution in [-0.4, -0.2) is 16.5 Å². The van der Waals surface area contributed by atoms with Crippen molar-refractivity contribution in [1.29, 1.82) is 0 Å². The molecule has 1 saturated carbocycles. The third-order valence-corrected chi connectivity index (χ3v) is 4.35. The van der Waals surface area contributed by atoms with Crippen molar-refractivity contribution in [2.75, 3.05) is 11.9 Å². The molecule has 1 aliphatic rings. The maximum Gasteiger partial charge on any atom is 0.135 e. The molecule has 2 rings (SSSR count). The quantitative estimate of drug-likeness (QED) is 0.828. The lowest BCUT2D eigenvalue weighted by Gasteiger charge is -2.29. The first-order chi connectivity index (χ1) is 8.38. The fraction of sp³-hybridized carbons (Fsp3) is 0.714. The van der Waals surface area contributed by atoms with Crippen molar-refractivity contribution in [1.82, 2.24) is 9.97 Å². The molecule has 1 aromatic heterocycles. The van der Waals surface area contributed by atoms with Crippen LogP contribution in [0.3, 0.4) is 0 Å². The molecule has 0 unspecified atom stereocenters. The summed E-state index contributed by atoms with van der Waals surface area (Å²) in [5.41, 5.74) is 0.261. The van der Waals surface area contributed by atoms with Crippen molar-refractivity contribution < 1.29 is 0 Å².